The molecule has 2 atom stereocenters. The van der Waals surface area contributed by atoms with Gasteiger partial charge < -0.3 is 19.4 Å². The van der Waals surface area contributed by atoms with Crippen molar-refractivity contribution in [2.24, 2.45) is 0 Å². The Labute approximate surface area is 154 Å². The molecular weight excluding hydrogens is 372 g/mol. The third-order valence-electron chi connectivity index (χ3n) is 4.57. The van der Waals surface area contributed by atoms with Crippen LogP contribution in [0, 0.1) is 13.8 Å². The Hall–Kier alpha value is -2.95. The van der Waals surface area contributed by atoms with E-state index < -0.39 is 27.8 Å². The second-order valence-electron chi connectivity index (χ2n) is 6.58. The van der Waals surface area contributed by atoms with Gasteiger partial charge >= 0.3 is 0 Å². The summed E-state index contributed by atoms with van der Waals surface area (Å²) in [6.07, 6.45) is 4.85. The van der Waals surface area contributed by atoms with Gasteiger partial charge in [-0.3, -0.25) is 4.79 Å². The van der Waals surface area contributed by atoms with E-state index in [0.29, 0.717) is 17.3 Å². The molecule has 1 fully saturated rings. The van der Waals surface area contributed by atoms with Crippen molar-refractivity contribution in [1.29, 1.82) is 0 Å². The minimum Gasteiger partial charge on any atom is -0.361 e. The molecule has 10 nitrogen and oxygen atoms in total. The summed E-state index contributed by atoms with van der Waals surface area (Å²) in [6, 6.07) is 0.385. The number of rotatable bonds is 4. The third kappa shape index (κ3) is 3.25. The number of H-pyrrole nitrogens is 1. The highest BCUT2D eigenvalue weighted by Gasteiger charge is 2.41. The zero-order chi connectivity index (χ0) is 19.2. The normalized spacial score (nSPS) is 21.4. The van der Waals surface area contributed by atoms with E-state index in [2.05, 4.69) is 25.4 Å². The molecule has 0 aliphatic carbocycles. The molecule has 1 amide bonds. The second-order valence-corrected chi connectivity index (χ2v) is 8.74. The largest absolute Gasteiger partial charge is 0.361 e. The van der Waals surface area contributed by atoms with Gasteiger partial charge in [0.2, 0.25) is 0 Å². The molecule has 0 bridgehead atoms. The van der Waals surface area contributed by atoms with Gasteiger partial charge in [-0.2, -0.15) is 0 Å². The Balaban J connectivity index is 1.66. The maximum Gasteiger partial charge on any atom is 0.273 e. The predicted molar refractivity (Wildman–Crippen MR) is 94.7 cm³/mol. The van der Waals surface area contributed by atoms with Crippen LogP contribution in [0.5, 0.6) is 0 Å². The van der Waals surface area contributed by atoms with Crippen molar-refractivity contribution in [3.8, 4) is 11.5 Å². The van der Waals surface area contributed by atoms with Crippen molar-refractivity contribution >= 4 is 15.7 Å². The lowest BCUT2D eigenvalue weighted by Crippen LogP contribution is -2.41. The molecule has 142 valence electrons. The van der Waals surface area contributed by atoms with Gasteiger partial charge in [-0.1, -0.05) is 5.16 Å². The monoisotopic (exact) mass is 390 g/mol. The molecule has 1 saturated heterocycles. The van der Waals surface area contributed by atoms with Gasteiger partial charge in [0, 0.05) is 24.2 Å². The van der Waals surface area contributed by atoms with E-state index >= 15 is 0 Å². The van der Waals surface area contributed by atoms with Crippen molar-refractivity contribution in [2.75, 3.05) is 11.5 Å². The molecule has 27 heavy (non-hydrogen) atoms. The van der Waals surface area contributed by atoms with Crippen molar-refractivity contribution < 1.29 is 17.7 Å². The summed E-state index contributed by atoms with van der Waals surface area (Å²) >= 11 is 0. The molecule has 3 aromatic rings. The molecule has 4 heterocycles. The molecule has 0 saturated carbocycles. The lowest BCUT2D eigenvalue weighted by molar-refractivity contribution is 0.0923. The number of hydrogen-bond acceptors (Lipinski definition) is 7. The molecule has 4 rings (SSSR count). The number of nitrogens with one attached hydrogen (secondary N) is 2. The number of aromatic amines is 1. The van der Waals surface area contributed by atoms with Gasteiger partial charge in [0.25, 0.3) is 5.91 Å². The first-order valence-electron chi connectivity index (χ1n) is 8.32. The van der Waals surface area contributed by atoms with Crippen LogP contribution in [0.4, 0.5) is 0 Å². The Morgan fingerprint density at radius 3 is 2.81 bits per heavy atom. The molecule has 0 unspecified atom stereocenters. The maximum absolute atomic E-state index is 12.4. The lowest BCUT2D eigenvalue weighted by atomic mass is 10.1. The third-order valence-corrected chi connectivity index (χ3v) is 6.28. The number of carbonyl (C=O) groups is 1. The average molecular weight is 390 g/mol. The molecule has 3 aromatic heterocycles. The fourth-order valence-electron chi connectivity index (χ4n) is 3.31. The summed E-state index contributed by atoms with van der Waals surface area (Å²) in [4.78, 5) is 24.0. The Morgan fingerprint density at radius 1 is 1.33 bits per heavy atom. The molecular formula is C16H18N6O4S. The van der Waals surface area contributed by atoms with E-state index in [9.17, 15) is 13.2 Å². The summed E-state index contributed by atoms with van der Waals surface area (Å²) < 4.78 is 31.3. The quantitative estimate of drug-likeness (QED) is 0.667. The van der Waals surface area contributed by atoms with E-state index in [1.165, 1.54) is 6.07 Å². The Morgan fingerprint density at radius 2 is 2.15 bits per heavy atom. The van der Waals surface area contributed by atoms with Gasteiger partial charge in [-0.25, -0.2) is 18.4 Å². The lowest BCUT2D eigenvalue weighted by Gasteiger charge is -2.22. The Kier molecular flexibility index (Phi) is 4.10. The number of imidazole rings is 2. The smallest absolute Gasteiger partial charge is 0.273 e. The second kappa shape index (κ2) is 6.34. The highest BCUT2D eigenvalue weighted by molar-refractivity contribution is 7.91. The van der Waals surface area contributed by atoms with E-state index in [0.717, 1.165) is 5.69 Å². The van der Waals surface area contributed by atoms with Crippen LogP contribution in [0.2, 0.25) is 0 Å². The summed E-state index contributed by atoms with van der Waals surface area (Å²) in [7, 11) is -3.32. The van der Waals surface area contributed by atoms with Crippen molar-refractivity contribution in [1.82, 2.24) is 30.0 Å². The van der Waals surface area contributed by atoms with Crippen LogP contribution >= 0.6 is 0 Å². The first kappa shape index (κ1) is 17.5. The summed E-state index contributed by atoms with van der Waals surface area (Å²) in [5.41, 5.74) is 1.58. The average Bonchev–Trinajstić information content (AvgIpc) is 3.34. The SMILES string of the molecule is Cc1cc(C(=O)N[C@@H]2CS(=O)(=O)C[C@H]2n2ccnc2-c2nc[nH]c2C)no1. The topological polar surface area (TPSA) is 136 Å². The number of carbonyl (C=O) groups excluding carboxylic acids is 1. The van der Waals surface area contributed by atoms with Crippen molar-refractivity contribution in [3.63, 3.8) is 0 Å². The summed E-state index contributed by atoms with van der Waals surface area (Å²) in [5.74, 6) is 0.325. The van der Waals surface area contributed by atoms with E-state index in [1.807, 2.05) is 6.92 Å². The molecule has 0 aromatic carbocycles. The number of nitrogens with zero attached hydrogens (tertiary/aromatic N) is 4. The van der Waals surface area contributed by atoms with Gasteiger partial charge in [-0.05, 0) is 13.8 Å². The highest BCUT2D eigenvalue weighted by atomic mass is 32.2. The summed E-state index contributed by atoms with van der Waals surface area (Å²) in [6.45, 7) is 3.54. The minimum absolute atomic E-state index is 0.0946. The standard InChI is InChI=1S/C16H18N6O4S/c1-9-5-11(21-26-9)16(23)20-12-6-27(24,25)7-13(12)22-4-3-17-15(22)14-10(2)18-8-19-14/h3-5,8,12-13H,6-7H2,1-2H3,(H,18,19)(H,20,23)/t12-,13-/m1/s1. The maximum atomic E-state index is 12.4. The van der Waals surface area contributed by atoms with Gasteiger partial charge in [0.15, 0.2) is 21.4 Å². The number of amides is 1. The van der Waals surface area contributed by atoms with Gasteiger partial charge in [-0.15, -0.1) is 0 Å². The van der Waals surface area contributed by atoms with Crippen LogP contribution in [0.15, 0.2) is 29.3 Å². The zero-order valence-corrected chi connectivity index (χ0v) is 15.5. The molecule has 0 radical (unpaired) electrons. The van der Waals surface area contributed by atoms with Crippen LogP contribution < -0.4 is 5.32 Å². The molecule has 0 spiro atoms. The van der Waals surface area contributed by atoms with E-state index in [1.54, 1.807) is 30.2 Å². The number of aromatic nitrogens is 5. The highest BCUT2D eigenvalue weighted by Crippen LogP contribution is 2.29. The number of hydrogen-bond donors (Lipinski definition) is 2. The van der Waals surface area contributed by atoms with Crippen molar-refractivity contribution in [2.45, 2.75) is 25.9 Å². The molecule has 2 N–H and O–H groups in total. The fraction of sp³-hybridized carbons (Fsp3) is 0.375. The van der Waals surface area contributed by atoms with Crippen molar-refractivity contribution in [3.05, 3.63) is 41.9 Å². The predicted octanol–water partition coefficient (Wildman–Crippen LogP) is 0.646. The minimum atomic E-state index is -3.32. The number of aryl methyl sites for hydroxylation is 2. The van der Waals surface area contributed by atoms with Crippen LogP contribution in [0.25, 0.3) is 11.5 Å². The number of sulfone groups is 1. The van der Waals surface area contributed by atoms with E-state index in [4.69, 9.17) is 4.52 Å². The van der Waals surface area contributed by atoms with Crippen LogP contribution in [0.3, 0.4) is 0 Å². The van der Waals surface area contributed by atoms with Gasteiger partial charge in [0.1, 0.15) is 11.5 Å². The van der Waals surface area contributed by atoms with E-state index in [-0.39, 0.29) is 17.2 Å². The summed E-state index contributed by atoms with van der Waals surface area (Å²) in [5, 5.41) is 6.45. The fourth-order valence-corrected chi connectivity index (χ4v) is 5.21. The first-order valence-corrected chi connectivity index (χ1v) is 10.1. The van der Waals surface area contributed by atoms with Crippen LogP contribution in [-0.4, -0.2) is 56.5 Å². The Bertz CT molecular complexity index is 1100. The van der Waals surface area contributed by atoms with Crippen LogP contribution in [0.1, 0.15) is 28.0 Å². The van der Waals surface area contributed by atoms with Crippen LogP contribution in [-0.2, 0) is 9.84 Å². The molecule has 1 aliphatic heterocycles. The molecule has 1 aliphatic rings. The first-order chi connectivity index (χ1) is 12.8. The molecule has 11 heteroatoms. The zero-order valence-electron chi connectivity index (χ0n) is 14.7. The van der Waals surface area contributed by atoms with Gasteiger partial charge in [0.05, 0.1) is 29.9 Å².